The number of thiophene rings is 4. The van der Waals surface area contributed by atoms with Gasteiger partial charge in [-0.3, -0.25) is 34.9 Å². The molecule has 0 spiro atoms. The highest BCUT2D eigenvalue weighted by Crippen LogP contribution is 2.50. The Morgan fingerprint density at radius 3 is 1.78 bits per heavy atom. The maximum absolute atomic E-state index is 11.6. The van der Waals surface area contributed by atoms with E-state index >= 15 is 0 Å². The van der Waals surface area contributed by atoms with Gasteiger partial charge in [-0.25, -0.2) is 24.6 Å². The minimum atomic E-state index is -0.780. The third-order valence-electron chi connectivity index (χ3n) is 20.7. The molecule has 120 heavy (non-hydrogen) atoms. The van der Waals surface area contributed by atoms with Gasteiger partial charge < -0.3 is 24.9 Å². The summed E-state index contributed by atoms with van der Waals surface area (Å²) in [5, 5.41) is 45.6. The van der Waals surface area contributed by atoms with Gasteiger partial charge in [0.2, 0.25) is 5.69 Å². The van der Waals surface area contributed by atoms with E-state index in [2.05, 4.69) is 172 Å². The van der Waals surface area contributed by atoms with E-state index in [1.165, 1.54) is 52.5 Å². The largest absolute Gasteiger partial charge is 0.453 e. The van der Waals surface area contributed by atoms with Gasteiger partial charge in [-0.2, -0.15) is 20.4 Å². The van der Waals surface area contributed by atoms with E-state index in [4.69, 9.17) is 18.2 Å². The monoisotopic (exact) mass is 1670 g/mol. The van der Waals surface area contributed by atoms with Crippen LogP contribution in [0.1, 0.15) is 116 Å². The number of aliphatic hydroxyl groups is 2. The SMILES string of the molecule is CC(=O)Cc1cc(-c2cc([C@@H](c3ccc(Cl)cc3)N3CCC3)c(-c3ncc[nH]3)s2)ccn1.Cc1ccc(C(O)c2cc(-c3ccncc3)sc2C2=NN=CC2)cc1C.OC(c1cc(-c2ccncc2)sc1C1=NN=CC1)c1ccnc2ccccc12.[C-]#[N+]c1c(-c2ccnc(NC(=O)OC)c2)sc(-c2ncc[nH]2)c1Cc1ccc2ccccc2c1. The molecule has 21 nitrogen and oxygen atoms in total. The van der Waals surface area contributed by atoms with Crippen molar-refractivity contribution in [2.24, 2.45) is 20.4 Å². The van der Waals surface area contributed by atoms with Crippen molar-refractivity contribution >= 4 is 126 Å². The average molecular weight is 1670 g/mol. The number of para-hydroxylation sites is 1. The summed E-state index contributed by atoms with van der Waals surface area (Å²) in [5.74, 6) is 2.05. The topological polar surface area (TPSA) is 275 Å². The van der Waals surface area contributed by atoms with E-state index in [0.717, 1.165) is 158 Å². The predicted octanol–water partition coefficient (Wildman–Crippen LogP) is 21.8. The number of anilines is 1. The maximum Gasteiger partial charge on any atom is 0.412 e. The van der Waals surface area contributed by atoms with E-state index in [0.29, 0.717) is 37.2 Å². The molecule has 16 aromatic rings. The van der Waals surface area contributed by atoms with Crippen LogP contribution < -0.4 is 5.32 Å². The number of fused-ring (bicyclic) bond motifs is 2. The molecule has 0 bridgehead atoms. The Kier molecular flexibility index (Phi) is 25.0. The number of rotatable bonds is 20. The third kappa shape index (κ3) is 18.3. The molecule has 3 aliphatic heterocycles. The summed E-state index contributed by atoms with van der Waals surface area (Å²) in [5.41, 5.74) is 18.4. The van der Waals surface area contributed by atoms with Crippen molar-refractivity contribution in [2.45, 2.75) is 71.1 Å². The van der Waals surface area contributed by atoms with Crippen LogP contribution in [0.15, 0.2) is 271 Å². The molecule has 5 N–H and O–H groups in total. The summed E-state index contributed by atoms with van der Waals surface area (Å²) in [7, 11) is 1.30. The highest BCUT2D eigenvalue weighted by atomic mass is 35.5. The molecule has 0 aliphatic carbocycles. The molecule has 26 heteroatoms. The molecular formula is C94H77ClN16O5S4. The number of Topliss-reactive ketones (excluding diaryl/α,β-unsaturated/α-hetero) is 1. The quantitative estimate of drug-likeness (QED) is 0.0445. The van der Waals surface area contributed by atoms with Crippen LogP contribution in [0.25, 0.3) is 89.7 Å². The van der Waals surface area contributed by atoms with E-state index in [1.54, 1.807) is 121 Å². The Morgan fingerprint density at radius 1 is 0.558 bits per heavy atom. The number of imidazole rings is 2. The standard InChI is InChI=1S/C26H19N5O2S.C25H23ClN4OS.C22H16N4OS.C21H19N3OS/c1-27-22-20(14-16-7-8-17-5-3-4-6-18(17)13-16)24(25-29-11-12-30-25)34-23(22)19-9-10-28-21(15-19)31-26(32)33-2;1-16(31)13-20-14-18(7-8-27-20)22-15-21(24(32-22)25-28-9-10-29-25)23(30-11-2-12-30)17-3-5-19(26)6-4-17;27-21(16-7-11-24-18-4-2-1-3-15(16)18)17-13-20(14-5-9-23-10-6-14)28-22(17)19-8-12-25-26-19;1-13-3-4-16(11-14(13)2)20(25)17-12-19(15-5-8-22-9-6-15)26-21(17)18-7-10-23-24-18/h3-13,15H,14H2,2H3,(H,29,30)(H,28,31,32);3-10,14-15,23H,2,11-13H2,1H3,(H,28,29);1-7,9-13,21,27H,8H2;3-6,8-12,20,25H,7H2,1-2H3/t;23-;;/m.1../s1. The number of aryl methyl sites for hydroxylation is 2. The number of benzene rings is 5. The van der Waals surface area contributed by atoms with E-state index < -0.39 is 18.3 Å². The lowest BCUT2D eigenvalue weighted by Crippen LogP contribution is -2.40. The van der Waals surface area contributed by atoms with E-state index in [-0.39, 0.29) is 11.8 Å². The molecule has 1 amide bonds. The van der Waals surface area contributed by atoms with Crippen molar-refractivity contribution < 1.29 is 24.5 Å². The predicted molar refractivity (Wildman–Crippen MR) is 483 cm³/mol. The highest BCUT2D eigenvalue weighted by Gasteiger charge is 2.33. The first kappa shape index (κ1) is 80.7. The van der Waals surface area contributed by atoms with E-state index in [1.807, 2.05) is 109 Å². The highest BCUT2D eigenvalue weighted by molar-refractivity contribution is 7.20. The minimum absolute atomic E-state index is 0.110. The van der Waals surface area contributed by atoms with Crippen LogP contribution in [0.5, 0.6) is 0 Å². The molecule has 0 radical (unpaired) electrons. The number of aliphatic hydroxyl groups excluding tert-OH is 2. The molecular weight excluding hydrogens is 1600 g/mol. The Bertz CT molecular complexity index is 6540. The first-order chi connectivity index (χ1) is 58.7. The number of nitrogens with zero attached hydrogens (tertiary/aromatic N) is 13. The number of aromatic nitrogens is 9. The molecule has 14 heterocycles. The molecule has 2 unspecified atom stereocenters. The van der Waals surface area contributed by atoms with Crippen LogP contribution in [0.4, 0.5) is 16.3 Å². The normalized spacial score (nSPS) is 13.5. The van der Waals surface area contributed by atoms with Crippen molar-refractivity contribution in [1.29, 1.82) is 0 Å². The number of pyridine rings is 5. The van der Waals surface area contributed by atoms with Crippen molar-refractivity contribution in [3.8, 4) is 63.2 Å². The fourth-order valence-corrected chi connectivity index (χ4v) is 19.3. The summed E-state index contributed by atoms with van der Waals surface area (Å²) >= 11 is 12.7. The average Bonchev–Trinajstić information content (AvgIpc) is 1.72. The number of aromatic amines is 2. The number of hydrogen-bond donors (Lipinski definition) is 5. The molecule has 11 aromatic heterocycles. The Morgan fingerprint density at radius 2 is 1.16 bits per heavy atom. The Balaban J connectivity index is 0.000000120. The fourth-order valence-electron chi connectivity index (χ4n) is 14.5. The van der Waals surface area contributed by atoms with Gasteiger partial charge in [0.05, 0.1) is 56.2 Å². The van der Waals surface area contributed by atoms with Gasteiger partial charge in [0, 0.05) is 160 Å². The smallest absolute Gasteiger partial charge is 0.412 e. The second-order valence-electron chi connectivity index (χ2n) is 28.6. The summed E-state index contributed by atoms with van der Waals surface area (Å²) in [4.78, 5) is 74.4. The number of amides is 1. The molecule has 3 aliphatic rings. The first-order valence-electron chi connectivity index (χ1n) is 38.6. The zero-order valence-corrected chi connectivity index (χ0v) is 69.5. The number of methoxy groups -OCH3 is 1. The number of carbonyl (C=O) groups excluding carboxylic acids is 2. The van der Waals surface area contributed by atoms with E-state index in [9.17, 15) is 19.8 Å². The van der Waals surface area contributed by atoms with Crippen LogP contribution in [-0.2, 0) is 22.4 Å². The van der Waals surface area contributed by atoms with Crippen LogP contribution in [0, 0.1) is 20.4 Å². The molecule has 1 fully saturated rings. The number of ketones is 1. The summed E-state index contributed by atoms with van der Waals surface area (Å²) in [6.45, 7) is 15.9. The number of likely N-dealkylation sites (tertiary alicyclic amines) is 1. The second kappa shape index (κ2) is 37.2. The molecule has 5 aromatic carbocycles. The van der Waals surface area contributed by atoms with Gasteiger partial charge in [0.15, 0.2) is 0 Å². The third-order valence-corrected chi connectivity index (χ3v) is 25.9. The lowest BCUT2D eigenvalue weighted by Gasteiger charge is -2.39. The number of carbonyl (C=O) groups is 2. The Labute approximate surface area is 712 Å². The zero-order valence-electron chi connectivity index (χ0n) is 65.5. The van der Waals surface area contributed by atoms with Crippen molar-refractivity contribution in [3.63, 3.8) is 0 Å². The maximum atomic E-state index is 11.6. The molecule has 3 atom stereocenters. The molecule has 594 valence electrons. The number of hydrogen-bond acceptors (Lipinski definition) is 21. The van der Waals surface area contributed by atoms with Gasteiger partial charge in [-0.1, -0.05) is 103 Å². The van der Waals surface area contributed by atoms with Crippen molar-refractivity contribution in [2.75, 3.05) is 25.5 Å². The van der Waals surface area contributed by atoms with Gasteiger partial charge in [-0.05, 0) is 202 Å². The van der Waals surface area contributed by atoms with Crippen molar-refractivity contribution in [3.05, 3.63) is 338 Å². The van der Waals surface area contributed by atoms with Crippen LogP contribution in [0.2, 0.25) is 5.02 Å². The van der Waals surface area contributed by atoms with Crippen LogP contribution >= 0.6 is 56.9 Å². The zero-order chi connectivity index (χ0) is 82.6. The first-order valence-corrected chi connectivity index (χ1v) is 42.3. The van der Waals surface area contributed by atoms with Gasteiger partial charge in [0.25, 0.3) is 0 Å². The summed E-state index contributed by atoms with van der Waals surface area (Å²) in [6.07, 6.45) is 24.4. The summed E-state index contributed by atoms with van der Waals surface area (Å²) < 4.78 is 4.67. The van der Waals surface area contributed by atoms with Gasteiger partial charge in [-0.15, -0.1) is 45.3 Å². The minimum Gasteiger partial charge on any atom is -0.453 e. The van der Waals surface area contributed by atoms with Crippen molar-refractivity contribution in [1.82, 2.24) is 49.8 Å². The van der Waals surface area contributed by atoms with Gasteiger partial charge >= 0.3 is 6.09 Å². The lowest BCUT2D eigenvalue weighted by molar-refractivity contribution is -0.116. The number of ether oxygens (including phenoxy) is 1. The lowest BCUT2D eigenvalue weighted by atomic mass is 9.94. The van der Waals surface area contributed by atoms with Crippen LogP contribution in [-0.4, -0.2) is 116 Å². The molecule has 1 saturated heterocycles. The number of halogens is 1. The number of H-pyrrole nitrogens is 2. The molecule has 19 rings (SSSR count). The fraction of sp³-hybridized carbons (Fsp3) is 0.149. The number of nitrogens with one attached hydrogen (secondary N) is 3. The van der Waals surface area contributed by atoms with Gasteiger partial charge in [0.1, 0.15) is 35.5 Å². The molecule has 0 saturated carbocycles. The Hall–Kier alpha value is -13.1. The van der Waals surface area contributed by atoms with Crippen LogP contribution in [0.3, 0.4) is 0 Å². The second-order valence-corrected chi connectivity index (χ2v) is 33.2. The summed E-state index contributed by atoms with van der Waals surface area (Å²) in [6, 6.07) is 60.6.